The number of rotatable bonds is 5. The molecule has 0 bridgehead atoms. The van der Waals surface area contributed by atoms with Crippen molar-refractivity contribution in [2.75, 3.05) is 0 Å². The molecule has 0 aliphatic carbocycles. The summed E-state index contributed by atoms with van der Waals surface area (Å²) in [4.78, 5) is 24.2. The highest BCUT2D eigenvalue weighted by molar-refractivity contribution is 5.95. The molecule has 26 heavy (non-hydrogen) atoms. The number of phenolic OH excluding ortho intramolecular Hbond substituents is 2. The fraction of sp³-hybridized carbons (Fsp3) is 0.300. The number of benzene rings is 2. The lowest BCUT2D eigenvalue weighted by Gasteiger charge is -2.13. The Morgan fingerprint density at radius 1 is 0.731 bits per heavy atom. The van der Waals surface area contributed by atoms with Gasteiger partial charge in [0.05, 0.1) is 23.3 Å². The van der Waals surface area contributed by atoms with Crippen molar-refractivity contribution in [1.29, 1.82) is 0 Å². The molecular formula is C20H22O6. The van der Waals surface area contributed by atoms with Crippen molar-refractivity contribution in [2.24, 2.45) is 0 Å². The van der Waals surface area contributed by atoms with Crippen molar-refractivity contribution < 1.29 is 29.3 Å². The number of carbonyl (C=O) groups excluding carboxylic acids is 2. The second-order valence-corrected chi connectivity index (χ2v) is 6.37. The molecule has 2 aromatic carbocycles. The van der Waals surface area contributed by atoms with E-state index in [-0.39, 0.29) is 46.0 Å². The van der Waals surface area contributed by atoms with Gasteiger partial charge >= 0.3 is 11.9 Å². The maximum Gasteiger partial charge on any atom is 0.338 e. The number of ether oxygens (including phenoxy) is 2. The summed E-state index contributed by atoms with van der Waals surface area (Å²) in [6, 6.07) is 8.35. The number of phenols is 2. The lowest BCUT2D eigenvalue weighted by molar-refractivity contribution is 0.0367. The van der Waals surface area contributed by atoms with Crippen molar-refractivity contribution in [3.8, 4) is 22.6 Å². The van der Waals surface area contributed by atoms with Gasteiger partial charge in [-0.3, -0.25) is 0 Å². The third-order valence-corrected chi connectivity index (χ3v) is 3.44. The van der Waals surface area contributed by atoms with Crippen LogP contribution in [0.4, 0.5) is 0 Å². The molecule has 2 aromatic rings. The Hall–Kier alpha value is -3.02. The minimum Gasteiger partial charge on any atom is -0.507 e. The van der Waals surface area contributed by atoms with E-state index >= 15 is 0 Å². The first kappa shape index (κ1) is 19.3. The highest BCUT2D eigenvalue weighted by Crippen LogP contribution is 2.37. The minimum absolute atomic E-state index is 0.143. The van der Waals surface area contributed by atoms with Gasteiger partial charge in [0.2, 0.25) is 0 Å². The highest BCUT2D eigenvalue weighted by atomic mass is 16.5. The van der Waals surface area contributed by atoms with Crippen molar-refractivity contribution in [3.63, 3.8) is 0 Å². The van der Waals surface area contributed by atoms with Gasteiger partial charge < -0.3 is 19.7 Å². The Morgan fingerprint density at radius 3 is 1.38 bits per heavy atom. The molecular weight excluding hydrogens is 336 g/mol. The molecule has 0 aliphatic heterocycles. The molecule has 0 saturated carbocycles. The van der Waals surface area contributed by atoms with Gasteiger partial charge in [0.1, 0.15) is 11.5 Å². The van der Waals surface area contributed by atoms with Crippen LogP contribution in [0.1, 0.15) is 48.4 Å². The molecule has 138 valence electrons. The van der Waals surface area contributed by atoms with Gasteiger partial charge in [-0.05, 0) is 64.1 Å². The van der Waals surface area contributed by atoms with Gasteiger partial charge in [-0.25, -0.2) is 9.59 Å². The number of aromatic hydroxyl groups is 2. The zero-order valence-electron chi connectivity index (χ0n) is 15.1. The van der Waals surface area contributed by atoms with Crippen LogP contribution >= 0.6 is 0 Å². The minimum atomic E-state index is -0.545. The van der Waals surface area contributed by atoms with Crippen molar-refractivity contribution >= 4 is 11.9 Å². The topological polar surface area (TPSA) is 93.1 Å². The van der Waals surface area contributed by atoms with Crippen LogP contribution in [0.25, 0.3) is 11.1 Å². The number of hydrogen-bond acceptors (Lipinski definition) is 6. The van der Waals surface area contributed by atoms with Crippen LogP contribution in [0, 0.1) is 0 Å². The van der Waals surface area contributed by atoms with Crippen molar-refractivity contribution in [1.82, 2.24) is 0 Å². The molecule has 0 heterocycles. The van der Waals surface area contributed by atoms with Gasteiger partial charge in [0.25, 0.3) is 0 Å². The molecule has 0 radical (unpaired) electrons. The van der Waals surface area contributed by atoms with Gasteiger partial charge in [0.15, 0.2) is 0 Å². The molecule has 0 aromatic heterocycles. The van der Waals surface area contributed by atoms with Crippen molar-refractivity contribution in [2.45, 2.75) is 39.9 Å². The maximum absolute atomic E-state index is 12.1. The van der Waals surface area contributed by atoms with Crippen LogP contribution in [0.5, 0.6) is 11.5 Å². The molecule has 0 fully saturated rings. The van der Waals surface area contributed by atoms with E-state index in [1.807, 2.05) is 0 Å². The Labute approximate surface area is 152 Å². The molecule has 6 heteroatoms. The summed E-state index contributed by atoms with van der Waals surface area (Å²) in [5, 5.41) is 20.3. The van der Waals surface area contributed by atoms with E-state index < -0.39 is 11.9 Å². The summed E-state index contributed by atoms with van der Waals surface area (Å²) in [6.07, 6.45) is -0.579. The first-order chi connectivity index (χ1) is 12.2. The third-order valence-electron chi connectivity index (χ3n) is 3.44. The first-order valence-corrected chi connectivity index (χ1v) is 8.27. The average Bonchev–Trinajstić information content (AvgIpc) is 2.54. The summed E-state index contributed by atoms with van der Waals surface area (Å²) >= 11 is 0. The molecule has 0 spiro atoms. The van der Waals surface area contributed by atoms with E-state index in [9.17, 15) is 19.8 Å². The van der Waals surface area contributed by atoms with Gasteiger partial charge in [-0.2, -0.15) is 0 Å². The fourth-order valence-corrected chi connectivity index (χ4v) is 2.32. The second kappa shape index (κ2) is 7.91. The standard InChI is InChI=1S/C20H22O6/c1-11(2)25-19(23)13-5-7-17(21)15(9-13)16-10-14(6-8-18(16)22)20(24)26-12(3)4/h5-12,21-22H,1-4H3. The average molecular weight is 358 g/mol. The summed E-state index contributed by atoms with van der Waals surface area (Å²) in [7, 11) is 0. The largest absolute Gasteiger partial charge is 0.507 e. The third kappa shape index (κ3) is 4.53. The van der Waals surface area contributed by atoms with E-state index in [4.69, 9.17) is 9.47 Å². The first-order valence-electron chi connectivity index (χ1n) is 8.27. The van der Waals surface area contributed by atoms with Gasteiger partial charge in [-0.15, -0.1) is 0 Å². The van der Waals surface area contributed by atoms with Crippen LogP contribution in [0.15, 0.2) is 36.4 Å². The van der Waals surface area contributed by atoms with Gasteiger partial charge in [-0.1, -0.05) is 0 Å². The van der Waals surface area contributed by atoms with Crippen molar-refractivity contribution in [3.05, 3.63) is 47.5 Å². The summed E-state index contributed by atoms with van der Waals surface area (Å²) in [5.41, 5.74) is 0.863. The van der Waals surface area contributed by atoms with E-state index in [0.29, 0.717) is 0 Å². The summed E-state index contributed by atoms with van der Waals surface area (Å²) in [5.74, 6) is -1.38. The zero-order valence-corrected chi connectivity index (χ0v) is 15.1. The number of esters is 2. The number of carbonyl (C=O) groups is 2. The van der Waals surface area contributed by atoms with E-state index in [1.165, 1.54) is 36.4 Å². The molecule has 6 nitrogen and oxygen atoms in total. The Morgan fingerprint density at radius 2 is 1.08 bits per heavy atom. The second-order valence-electron chi connectivity index (χ2n) is 6.37. The fourth-order valence-electron chi connectivity index (χ4n) is 2.32. The Balaban J connectivity index is 2.47. The van der Waals surface area contributed by atoms with E-state index in [0.717, 1.165) is 0 Å². The predicted octanol–water partition coefficient (Wildman–Crippen LogP) is 3.90. The normalized spacial score (nSPS) is 10.8. The Bertz CT molecular complexity index is 754. The quantitative estimate of drug-likeness (QED) is 0.788. The summed E-state index contributed by atoms with van der Waals surface area (Å²) < 4.78 is 10.3. The highest BCUT2D eigenvalue weighted by Gasteiger charge is 2.18. The molecule has 0 aliphatic rings. The molecule has 0 saturated heterocycles. The van der Waals surface area contributed by atoms with E-state index in [1.54, 1.807) is 27.7 Å². The SMILES string of the molecule is CC(C)OC(=O)c1ccc(O)c(-c2cc(C(=O)OC(C)C)ccc2O)c1. The van der Waals surface area contributed by atoms with Crippen LogP contribution < -0.4 is 0 Å². The van der Waals surface area contributed by atoms with Crippen LogP contribution in [-0.4, -0.2) is 34.4 Å². The summed E-state index contributed by atoms with van der Waals surface area (Å²) in [6.45, 7) is 6.92. The monoisotopic (exact) mass is 358 g/mol. The smallest absolute Gasteiger partial charge is 0.338 e. The zero-order chi connectivity index (χ0) is 19.4. The molecule has 2 N–H and O–H groups in total. The predicted molar refractivity (Wildman–Crippen MR) is 96.3 cm³/mol. The maximum atomic E-state index is 12.1. The van der Waals surface area contributed by atoms with Gasteiger partial charge in [0, 0.05) is 11.1 Å². The van der Waals surface area contributed by atoms with Crippen LogP contribution in [-0.2, 0) is 9.47 Å². The molecule has 0 atom stereocenters. The lowest BCUT2D eigenvalue weighted by atomic mass is 9.99. The Kier molecular flexibility index (Phi) is 5.87. The molecule has 0 amide bonds. The number of hydrogen-bond donors (Lipinski definition) is 2. The molecule has 0 unspecified atom stereocenters. The van der Waals surface area contributed by atoms with Crippen LogP contribution in [0.3, 0.4) is 0 Å². The van der Waals surface area contributed by atoms with E-state index in [2.05, 4.69) is 0 Å². The van der Waals surface area contributed by atoms with Crippen LogP contribution in [0.2, 0.25) is 0 Å². The lowest BCUT2D eigenvalue weighted by Crippen LogP contribution is -2.12. The molecule has 2 rings (SSSR count).